The zero-order valence-corrected chi connectivity index (χ0v) is 13.1. The highest BCUT2D eigenvalue weighted by Crippen LogP contribution is 2.26. The van der Waals surface area contributed by atoms with Crippen molar-refractivity contribution in [3.05, 3.63) is 48.4 Å². The molecule has 23 heavy (non-hydrogen) atoms. The van der Waals surface area contributed by atoms with Crippen molar-refractivity contribution in [3.8, 4) is 11.4 Å². The summed E-state index contributed by atoms with van der Waals surface area (Å²) in [5.74, 6) is 1.06. The van der Waals surface area contributed by atoms with Gasteiger partial charge in [-0.1, -0.05) is 54.5 Å². The maximum Gasteiger partial charge on any atom is 0.227 e. The molecule has 0 atom stereocenters. The quantitative estimate of drug-likeness (QED) is 0.758. The molecule has 118 valence electrons. The first-order valence-corrected chi connectivity index (χ1v) is 7.85. The van der Waals surface area contributed by atoms with Gasteiger partial charge >= 0.3 is 0 Å². The Morgan fingerprint density at radius 2 is 2.00 bits per heavy atom. The van der Waals surface area contributed by atoms with Gasteiger partial charge in [-0.25, -0.2) is 0 Å². The summed E-state index contributed by atoms with van der Waals surface area (Å²) < 4.78 is 5.28. The highest BCUT2D eigenvalue weighted by atomic mass is 16.5. The van der Waals surface area contributed by atoms with Crippen molar-refractivity contribution in [3.63, 3.8) is 0 Å². The molecule has 0 spiro atoms. The van der Waals surface area contributed by atoms with E-state index in [9.17, 15) is 4.79 Å². The molecule has 3 aromatic rings. The van der Waals surface area contributed by atoms with Gasteiger partial charge in [0.15, 0.2) is 0 Å². The summed E-state index contributed by atoms with van der Waals surface area (Å²) in [5.41, 5.74) is 0.938. The van der Waals surface area contributed by atoms with Gasteiger partial charge in [-0.05, 0) is 17.2 Å². The second-order valence-electron chi connectivity index (χ2n) is 5.39. The lowest BCUT2D eigenvalue weighted by Crippen LogP contribution is -2.24. The molecule has 0 saturated heterocycles. The number of carbonyl (C=O) groups is 1. The zero-order valence-electron chi connectivity index (χ0n) is 13.1. The van der Waals surface area contributed by atoms with Gasteiger partial charge in [0.25, 0.3) is 0 Å². The molecule has 0 aliphatic heterocycles. The molecule has 3 rings (SSSR count). The SMILES string of the molecule is CCCNC(=O)CCc1nc(-c2cccc3ccccc23)no1. The van der Waals surface area contributed by atoms with Crippen LogP contribution in [0.5, 0.6) is 0 Å². The summed E-state index contributed by atoms with van der Waals surface area (Å²) in [7, 11) is 0. The predicted octanol–water partition coefficient (Wildman–Crippen LogP) is 3.35. The summed E-state index contributed by atoms with van der Waals surface area (Å²) >= 11 is 0. The average molecular weight is 309 g/mol. The number of carbonyl (C=O) groups excluding carboxylic acids is 1. The van der Waals surface area contributed by atoms with Gasteiger partial charge in [-0.2, -0.15) is 4.98 Å². The summed E-state index contributed by atoms with van der Waals surface area (Å²) in [4.78, 5) is 16.1. The number of rotatable bonds is 6. The number of aryl methyl sites for hydroxylation is 1. The van der Waals surface area contributed by atoms with E-state index in [1.807, 2.05) is 37.3 Å². The molecule has 0 saturated carbocycles. The van der Waals surface area contributed by atoms with Gasteiger partial charge in [0, 0.05) is 24.9 Å². The average Bonchev–Trinajstić information content (AvgIpc) is 3.06. The van der Waals surface area contributed by atoms with Gasteiger partial charge in [0.2, 0.25) is 17.6 Å². The lowest BCUT2D eigenvalue weighted by Gasteiger charge is -2.01. The van der Waals surface area contributed by atoms with Crippen molar-refractivity contribution < 1.29 is 9.32 Å². The van der Waals surface area contributed by atoms with E-state index in [0.717, 1.165) is 22.8 Å². The van der Waals surface area contributed by atoms with Gasteiger partial charge in [0.1, 0.15) is 0 Å². The minimum absolute atomic E-state index is 0.0109. The second-order valence-corrected chi connectivity index (χ2v) is 5.39. The number of fused-ring (bicyclic) bond motifs is 1. The highest BCUT2D eigenvalue weighted by molar-refractivity contribution is 5.94. The van der Waals surface area contributed by atoms with E-state index in [4.69, 9.17) is 4.52 Å². The number of nitrogens with zero attached hydrogens (tertiary/aromatic N) is 2. The standard InChI is InChI=1S/C18H19N3O2/c1-2-12-19-16(22)10-11-17-20-18(21-23-17)15-9-5-7-13-6-3-4-8-14(13)15/h3-9H,2,10-12H2,1H3,(H,19,22). The van der Waals surface area contributed by atoms with Crippen molar-refractivity contribution >= 4 is 16.7 Å². The van der Waals surface area contributed by atoms with Crippen LogP contribution in [0.3, 0.4) is 0 Å². The third-order valence-corrected chi connectivity index (χ3v) is 3.64. The largest absolute Gasteiger partial charge is 0.356 e. The van der Waals surface area contributed by atoms with E-state index in [2.05, 4.69) is 27.6 Å². The van der Waals surface area contributed by atoms with Crippen LogP contribution in [-0.4, -0.2) is 22.6 Å². The van der Waals surface area contributed by atoms with Crippen molar-refractivity contribution in [1.29, 1.82) is 0 Å². The van der Waals surface area contributed by atoms with Crippen LogP contribution < -0.4 is 5.32 Å². The molecule has 0 fully saturated rings. The van der Waals surface area contributed by atoms with Crippen LogP contribution in [0.1, 0.15) is 25.7 Å². The topological polar surface area (TPSA) is 68.0 Å². The minimum Gasteiger partial charge on any atom is -0.356 e. The number of benzene rings is 2. The lowest BCUT2D eigenvalue weighted by atomic mass is 10.0. The van der Waals surface area contributed by atoms with Crippen LogP contribution in [0.25, 0.3) is 22.2 Å². The Hall–Kier alpha value is -2.69. The van der Waals surface area contributed by atoms with Gasteiger partial charge < -0.3 is 9.84 Å². The number of amides is 1. The fourth-order valence-corrected chi connectivity index (χ4v) is 2.46. The minimum atomic E-state index is 0.0109. The molecule has 1 amide bonds. The van der Waals surface area contributed by atoms with E-state index < -0.39 is 0 Å². The lowest BCUT2D eigenvalue weighted by molar-refractivity contribution is -0.121. The Bertz CT molecular complexity index is 805. The van der Waals surface area contributed by atoms with Crippen molar-refractivity contribution in [2.45, 2.75) is 26.2 Å². The van der Waals surface area contributed by atoms with Crippen molar-refractivity contribution in [2.75, 3.05) is 6.54 Å². The monoisotopic (exact) mass is 309 g/mol. The third-order valence-electron chi connectivity index (χ3n) is 3.64. The molecular formula is C18H19N3O2. The third kappa shape index (κ3) is 3.56. The number of hydrogen-bond donors (Lipinski definition) is 1. The van der Waals surface area contributed by atoms with Crippen LogP contribution in [0.2, 0.25) is 0 Å². The first-order valence-electron chi connectivity index (χ1n) is 7.85. The normalized spacial score (nSPS) is 10.8. The molecule has 5 nitrogen and oxygen atoms in total. The van der Waals surface area contributed by atoms with E-state index >= 15 is 0 Å². The Balaban J connectivity index is 1.75. The Morgan fingerprint density at radius 3 is 2.87 bits per heavy atom. The molecular weight excluding hydrogens is 290 g/mol. The van der Waals surface area contributed by atoms with Crippen molar-refractivity contribution in [2.24, 2.45) is 0 Å². The second kappa shape index (κ2) is 7.05. The molecule has 1 N–H and O–H groups in total. The maximum atomic E-state index is 11.6. The Kier molecular flexibility index (Phi) is 4.66. The smallest absolute Gasteiger partial charge is 0.227 e. The number of hydrogen-bond acceptors (Lipinski definition) is 4. The fraction of sp³-hybridized carbons (Fsp3) is 0.278. The van der Waals surface area contributed by atoms with E-state index in [1.54, 1.807) is 0 Å². The number of nitrogens with one attached hydrogen (secondary N) is 1. The fourth-order valence-electron chi connectivity index (χ4n) is 2.46. The van der Waals surface area contributed by atoms with Crippen LogP contribution >= 0.6 is 0 Å². The summed E-state index contributed by atoms with van der Waals surface area (Å²) in [5, 5.41) is 9.12. The predicted molar refractivity (Wildman–Crippen MR) is 88.9 cm³/mol. The van der Waals surface area contributed by atoms with Crippen LogP contribution in [-0.2, 0) is 11.2 Å². The summed E-state index contributed by atoms with van der Waals surface area (Å²) in [6.45, 7) is 2.72. The van der Waals surface area contributed by atoms with Gasteiger partial charge in [-0.3, -0.25) is 4.79 Å². The summed E-state index contributed by atoms with van der Waals surface area (Å²) in [6, 6.07) is 14.1. The molecule has 0 bridgehead atoms. The highest BCUT2D eigenvalue weighted by Gasteiger charge is 2.12. The molecule has 0 unspecified atom stereocenters. The zero-order chi connectivity index (χ0) is 16.1. The Morgan fingerprint density at radius 1 is 1.17 bits per heavy atom. The summed E-state index contributed by atoms with van der Waals surface area (Å²) in [6.07, 6.45) is 1.74. The number of aromatic nitrogens is 2. The first-order chi connectivity index (χ1) is 11.3. The molecule has 0 radical (unpaired) electrons. The van der Waals surface area contributed by atoms with Crippen molar-refractivity contribution in [1.82, 2.24) is 15.5 Å². The first kappa shape index (κ1) is 15.2. The van der Waals surface area contributed by atoms with Gasteiger partial charge in [0.05, 0.1) is 0 Å². The van der Waals surface area contributed by atoms with E-state index in [1.165, 1.54) is 0 Å². The molecule has 1 aromatic heterocycles. The molecule has 1 heterocycles. The van der Waals surface area contributed by atoms with Gasteiger partial charge in [-0.15, -0.1) is 0 Å². The maximum absolute atomic E-state index is 11.6. The Labute approximate surface area is 134 Å². The van der Waals surface area contributed by atoms with Crippen LogP contribution in [0.15, 0.2) is 47.0 Å². The molecule has 0 aliphatic carbocycles. The molecule has 5 heteroatoms. The molecule has 0 aliphatic rings. The van der Waals surface area contributed by atoms with Crippen LogP contribution in [0.4, 0.5) is 0 Å². The van der Waals surface area contributed by atoms with E-state index in [0.29, 0.717) is 31.1 Å². The molecule has 2 aromatic carbocycles. The van der Waals surface area contributed by atoms with E-state index in [-0.39, 0.29) is 5.91 Å². The van der Waals surface area contributed by atoms with Crippen LogP contribution in [0, 0.1) is 0 Å².